The Morgan fingerprint density at radius 3 is 2.49 bits per heavy atom. The lowest BCUT2D eigenvalue weighted by Gasteiger charge is -2.23. The molecule has 2 fully saturated rings. The Morgan fingerprint density at radius 2 is 1.76 bits per heavy atom. The van der Waals surface area contributed by atoms with Crippen LogP contribution in [0, 0.1) is 5.92 Å². The number of aldehydes is 1. The number of fused-ring (bicyclic) bond motifs is 2. The van der Waals surface area contributed by atoms with Crippen LogP contribution in [-0.2, 0) is 32.4 Å². The van der Waals surface area contributed by atoms with Crippen LogP contribution in [0.4, 0.5) is 20.5 Å². The average molecular weight is 691 g/mol. The molecule has 45 heavy (non-hydrogen) atoms. The number of carbonyl (C=O) groups excluding carboxylic acids is 1. The molecule has 2 aliphatic rings. The first kappa shape index (κ1) is 31.8. The van der Waals surface area contributed by atoms with Crippen molar-refractivity contribution < 1.29 is 41.2 Å². The van der Waals surface area contributed by atoms with E-state index < -0.39 is 68.0 Å². The minimum Gasteiger partial charge on any atom is -0.382 e. The Balaban J connectivity index is 1.18. The van der Waals surface area contributed by atoms with Crippen LogP contribution in [0.2, 0.25) is 0 Å². The number of H-pyrrole nitrogens is 1. The summed E-state index contributed by atoms with van der Waals surface area (Å²) in [4.78, 5) is 46.0. The van der Waals surface area contributed by atoms with E-state index in [1.54, 1.807) is 0 Å². The molecule has 23 heteroatoms. The van der Waals surface area contributed by atoms with Gasteiger partial charge >= 0.3 is 6.80 Å². The second-order valence-corrected chi connectivity index (χ2v) is 13.3. The Labute approximate surface area is 258 Å². The Morgan fingerprint density at radius 1 is 1.04 bits per heavy atom. The van der Waals surface area contributed by atoms with E-state index in [1.165, 1.54) is 28.1 Å². The van der Waals surface area contributed by atoms with Gasteiger partial charge in [-0.1, -0.05) is 12.2 Å². The SMILES string of the molecule is Nc1nc2c(ncn2[C@@H]2O[C@H](COP(=O)(S)O[C@H]3[C@@H](F)[C@H](n4cnc5c(N)ncnc54)O[C@@H]3COP)[C@@H](F)[C@H]2CC=O)c(=O)[nH]1. The van der Waals surface area contributed by atoms with E-state index in [-0.39, 0.29) is 47.1 Å². The molecule has 0 radical (unpaired) electrons. The summed E-state index contributed by atoms with van der Waals surface area (Å²) in [5.74, 6) is -1.20. The van der Waals surface area contributed by atoms with Gasteiger partial charge in [0, 0.05) is 21.8 Å². The van der Waals surface area contributed by atoms with Crippen molar-refractivity contribution >= 4 is 68.9 Å². The first-order chi connectivity index (χ1) is 21.5. The van der Waals surface area contributed by atoms with Crippen LogP contribution in [-0.4, -0.2) is 89.2 Å². The topological polar surface area (TPSA) is 239 Å². The molecular weight excluding hydrogens is 664 g/mol. The summed E-state index contributed by atoms with van der Waals surface area (Å²) in [7, 11) is 1.99. The molecule has 0 spiro atoms. The number of carbonyl (C=O) groups is 1. The summed E-state index contributed by atoms with van der Waals surface area (Å²) < 4.78 is 74.9. The molecule has 4 aromatic rings. The van der Waals surface area contributed by atoms with E-state index in [1.807, 2.05) is 9.47 Å². The number of aromatic nitrogens is 8. The molecule has 6 rings (SSSR count). The van der Waals surface area contributed by atoms with Gasteiger partial charge in [-0.15, -0.1) is 0 Å². The molecule has 10 atom stereocenters. The summed E-state index contributed by atoms with van der Waals surface area (Å²) in [6, 6.07) is 0. The van der Waals surface area contributed by atoms with Crippen LogP contribution in [0.5, 0.6) is 0 Å². The number of thiol groups is 1. The number of nitrogen functional groups attached to an aromatic ring is 2. The summed E-state index contributed by atoms with van der Waals surface area (Å²) >= 11 is 3.98. The Bertz CT molecular complexity index is 1830. The number of nitrogens with one attached hydrogen (secondary N) is 1. The van der Waals surface area contributed by atoms with E-state index in [0.29, 0.717) is 6.29 Å². The molecule has 6 heterocycles. The third-order valence-corrected chi connectivity index (χ3v) is 9.19. The van der Waals surface area contributed by atoms with Gasteiger partial charge in [0.1, 0.15) is 48.8 Å². The van der Waals surface area contributed by atoms with Gasteiger partial charge in [-0.25, -0.2) is 33.3 Å². The summed E-state index contributed by atoms with van der Waals surface area (Å²) in [5.41, 5.74) is 11.2. The van der Waals surface area contributed by atoms with Crippen LogP contribution in [0.1, 0.15) is 18.9 Å². The fraction of sp³-hybridized carbons (Fsp3) is 0.500. The number of nitrogens with zero attached hydrogens (tertiary/aromatic N) is 7. The molecule has 2 unspecified atom stereocenters. The van der Waals surface area contributed by atoms with E-state index in [9.17, 15) is 14.2 Å². The normalized spacial score (nSPS) is 29.9. The molecular formula is C22H26F2N10O8P2S. The minimum absolute atomic E-state index is 0.000983. The van der Waals surface area contributed by atoms with Crippen LogP contribution in [0.25, 0.3) is 22.3 Å². The highest BCUT2D eigenvalue weighted by molar-refractivity contribution is 8.44. The molecule has 4 aromatic heterocycles. The standard InChI is InChI=1S/C22H26F2N10O8P2S/c23-11-8(1-2-35)20(34-7-30-14-18(34)31-22(26)32-19(14)36)40-9(11)4-39-44(37,45)42-15-10(3-38-43)41-21(12(15)24)33-6-29-13-16(25)27-5-28-17(13)33/h2,5-12,15,20-21H,1,3-4,43H2,(H,37,45)(H2,25,27,28)(H3,26,31,32,36)/t8-,9-,10-,11+,12-,15-,20-,21-,44?/m1/s1. The van der Waals surface area contributed by atoms with Gasteiger partial charge in [-0.05, 0) is 0 Å². The number of aromatic amines is 1. The fourth-order valence-electron chi connectivity index (χ4n) is 5.36. The molecule has 242 valence electrons. The van der Waals surface area contributed by atoms with Crippen molar-refractivity contribution in [3.63, 3.8) is 0 Å². The van der Waals surface area contributed by atoms with Crippen molar-refractivity contribution in [2.24, 2.45) is 5.92 Å². The molecule has 0 bridgehead atoms. The van der Waals surface area contributed by atoms with Gasteiger partial charge in [0.2, 0.25) is 5.95 Å². The molecule has 2 saturated heterocycles. The highest BCUT2D eigenvalue weighted by Crippen LogP contribution is 2.57. The zero-order valence-electron chi connectivity index (χ0n) is 22.8. The first-order valence-corrected chi connectivity index (χ1v) is 16.3. The van der Waals surface area contributed by atoms with Crippen molar-refractivity contribution in [1.29, 1.82) is 0 Å². The molecule has 2 aliphatic heterocycles. The van der Waals surface area contributed by atoms with Crippen molar-refractivity contribution in [2.45, 2.75) is 49.5 Å². The molecule has 0 aliphatic carbocycles. The zero-order valence-corrected chi connectivity index (χ0v) is 25.8. The maximum Gasteiger partial charge on any atom is 0.386 e. The molecule has 0 saturated carbocycles. The number of alkyl halides is 2. The molecule has 0 aromatic carbocycles. The van der Waals surface area contributed by atoms with Crippen molar-refractivity contribution in [1.82, 2.24) is 39.0 Å². The van der Waals surface area contributed by atoms with E-state index in [2.05, 4.69) is 42.2 Å². The third-order valence-electron chi connectivity index (χ3n) is 7.38. The minimum atomic E-state index is -4.41. The lowest BCUT2D eigenvalue weighted by molar-refractivity contribution is -0.109. The number of rotatable bonds is 11. The Hall–Kier alpha value is -3.16. The lowest BCUT2D eigenvalue weighted by atomic mass is 9.98. The van der Waals surface area contributed by atoms with Crippen LogP contribution in [0.15, 0.2) is 23.8 Å². The summed E-state index contributed by atoms with van der Waals surface area (Å²) in [6.07, 6.45) is -6.42. The number of hydrogen-bond donors (Lipinski definition) is 4. The van der Waals surface area contributed by atoms with Crippen molar-refractivity contribution in [3.8, 4) is 0 Å². The van der Waals surface area contributed by atoms with Crippen LogP contribution in [0.3, 0.4) is 0 Å². The predicted molar refractivity (Wildman–Crippen MR) is 157 cm³/mol. The number of anilines is 2. The fourth-order valence-corrected chi connectivity index (χ4v) is 7.03. The van der Waals surface area contributed by atoms with Gasteiger partial charge in [0.25, 0.3) is 5.56 Å². The van der Waals surface area contributed by atoms with E-state index in [0.717, 1.165) is 0 Å². The summed E-state index contributed by atoms with van der Waals surface area (Å²) in [5, 5.41) is 0. The highest BCUT2D eigenvalue weighted by atomic mass is 32.7. The monoisotopic (exact) mass is 690 g/mol. The van der Waals surface area contributed by atoms with Gasteiger partial charge in [-0.2, -0.15) is 4.98 Å². The van der Waals surface area contributed by atoms with E-state index in [4.69, 9.17) is 34.5 Å². The zero-order chi connectivity index (χ0) is 32.0. The Kier molecular flexibility index (Phi) is 8.88. The second-order valence-electron chi connectivity index (χ2n) is 10.1. The highest BCUT2D eigenvalue weighted by Gasteiger charge is 2.51. The van der Waals surface area contributed by atoms with Crippen LogP contribution < -0.4 is 17.0 Å². The number of nitrogens with two attached hydrogens (primary N) is 2. The summed E-state index contributed by atoms with van der Waals surface area (Å²) in [6.45, 7) is -5.28. The van der Waals surface area contributed by atoms with Crippen molar-refractivity contribution in [2.75, 3.05) is 24.7 Å². The number of hydrogen-bond acceptors (Lipinski definition) is 15. The number of halogens is 2. The second kappa shape index (κ2) is 12.6. The number of ether oxygens (including phenoxy) is 2. The molecule has 0 amide bonds. The maximum atomic E-state index is 15.9. The predicted octanol–water partition coefficient (Wildman–Crippen LogP) is 1.05. The smallest absolute Gasteiger partial charge is 0.382 e. The average Bonchev–Trinajstić information content (AvgIpc) is 3.75. The van der Waals surface area contributed by atoms with Crippen molar-refractivity contribution in [3.05, 3.63) is 29.3 Å². The van der Waals surface area contributed by atoms with Gasteiger partial charge < -0.3 is 30.3 Å². The lowest BCUT2D eigenvalue weighted by Crippen LogP contribution is -2.33. The number of imidazole rings is 2. The third kappa shape index (κ3) is 5.94. The van der Waals surface area contributed by atoms with E-state index >= 15 is 8.78 Å². The quantitative estimate of drug-likeness (QED) is 0.0977. The van der Waals surface area contributed by atoms with Crippen LogP contribution >= 0.6 is 28.5 Å². The molecule has 18 nitrogen and oxygen atoms in total. The first-order valence-electron chi connectivity index (χ1n) is 13.2. The van der Waals surface area contributed by atoms with Gasteiger partial charge in [-0.3, -0.25) is 28.0 Å². The van der Waals surface area contributed by atoms with Gasteiger partial charge in [0.05, 0.1) is 25.9 Å². The maximum absolute atomic E-state index is 15.9. The largest absolute Gasteiger partial charge is 0.386 e. The van der Waals surface area contributed by atoms with Gasteiger partial charge in [0.15, 0.2) is 35.0 Å². The molecule has 5 N–H and O–H groups in total.